The van der Waals surface area contributed by atoms with Gasteiger partial charge in [0.2, 0.25) is 5.91 Å². The van der Waals surface area contributed by atoms with Crippen LogP contribution in [0.5, 0.6) is 0 Å². The molecule has 0 bridgehead atoms. The molecule has 226 valence electrons. The lowest BCUT2D eigenvalue weighted by atomic mass is 9.46. The van der Waals surface area contributed by atoms with Crippen molar-refractivity contribution in [1.29, 1.82) is 0 Å². The first kappa shape index (κ1) is 31.1. The molecule has 0 unspecified atom stereocenters. The fourth-order valence-electron chi connectivity index (χ4n) is 8.38. The third-order valence-electron chi connectivity index (χ3n) is 11.0. The Balaban J connectivity index is 1.31. The van der Waals surface area contributed by atoms with E-state index >= 15 is 0 Å². The molecule has 9 nitrogen and oxygen atoms in total. The van der Waals surface area contributed by atoms with Gasteiger partial charge in [0.05, 0.1) is 5.71 Å². The van der Waals surface area contributed by atoms with E-state index in [2.05, 4.69) is 41.6 Å². The number of unbranched alkanes of at least 4 members (excludes halogenated alkanes) is 1. The number of hydrogen-bond donors (Lipinski definition) is 4. The molecule has 0 aromatic rings. The highest BCUT2D eigenvalue weighted by Crippen LogP contribution is 2.67. The van der Waals surface area contributed by atoms with Gasteiger partial charge in [0.25, 0.3) is 5.91 Å². The number of carboxylic acid groups (broad SMARTS) is 1. The Morgan fingerprint density at radius 3 is 2.56 bits per heavy atom. The first-order valence-electron chi connectivity index (χ1n) is 15.3. The molecule has 9 heteroatoms. The molecular weight excluding hydrogens is 522 g/mol. The lowest BCUT2D eigenvalue weighted by molar-refractivity contribution is -0.142. The van der Waals surface area contributed by atoms with Crippen molar-refractivity contribution < 1.29 is 29.4 Å². The number of hydrogen-bond acceptors (Lipinski definition) is 6. The van der Waals surface area contributed by atoms with Crippen molar-refractivity contribution in [3.63, 3.8) is 0 Å². The zero-order valence-corrected chi connectivity index (χ0v) is 25.0. The van der Waals surface area contributed by atoms with Gasteiger partial charge < -0.3 is 25.7 Å². The van der Waals surface area contributed by atoms with Crippen LogP contribution < -0.4 is 10.6 Å². The molecule has 3 saturated carbocycles. The molecule has 0 aliphatic heterocycles. The largest absolute Gasteiger partial charge is 0.480 e. The Morgan fingerprint density at radius 1 is 1.15 bits per heavy atom. The predicted molar refractivity (Wildman–Crippen MR) is 156 cm³/mol. The van der Waals surface area contributed by atoms with Gasteiger partial charge in [-0.1, -0.05) is 50.3 Å². The summed E-state index contributed by atoms with van der Waals surface area (Å²) in [4.78, 5) is 41.5. The zero-order valence-electron chi connectivity index (χ0n) is 25.0. The van der Waals surface area contributed by atoms with E-state index in [1.807, 2.05) is 6.92 Å². The van der Waals surface area contributed by atoms with Crippen molar-refractivity contribution in [1.82, 2.24) is 10.6 Å². The SMILES string of the molecule is C#C[C@@]1(O)CC[C@H]2[C@@H]3CCC4=C/C(=N/OCC(=O)N[C@@H](C)C(=O)N[C@H](CCCC)C(=O)O)CC[C@]4(C)[C@H]3CC[C@@]21C. The Bertz CT molecular complexity index is 1140. The van der Waals surface area contributed by atoms with Gasteiger partial charge in [-0.15, -0.1) is 6.42 Å². The van der Waals surface area contributed by atoms with Crippen LogP contribution in [-0.2, 0) is 19.2 Å². The van der Waals surface area contributed by atoms with E-state index in [0.29, 0.717) is 37.0 Å². The number of carboxylic acids is 1. The van der Waals surface area contributed by atoms with Crippen molar-refractivity contribution in [3.05, 3.63) is 11.6 Å². The number of carbonyl (C=O) groups is 3. The van der Waals surface area contributed by atoms with Crippen molar-refractivity contribution in [3.8, 4) is 12.3 Å². The monoisotopic (exact) mass is 569 g/mol. The first-order chi connectivity index (χ1) is 19.4. The van der Waals surface area contributed by atoms with Crippen LogP contribution in [0.2, 0.25) is 0 Å². The molecule has 0 saturated heterocycles. The summed E-state index contributed by atoms with van der Waals surface area (Å²) in [5.74, 6) is 2.19. The van der Waals surface area contributed by atoms with Crippen LogP contribution in [0.25, 0.3) is 0 Å². The van der Waals surface area contributed by atoms with Crippen LogP contribution >= 0.6 is 0 Å². The maximum Gasteiger partial charge on any atom is 0.326 e. The maximum atomic E-state index is 12.4. The highest BCUT2D eigenvalue weighted by Gasteiger charge is 2.63. The van der Waals surface area contributed by atoms with Gasteiger partial charge in [-0.3, -0.25) is 9.59 Å². The molecule has 41 heavy (non-hydrogen) atoms. The molecule has 0 heterocycles. The van der Waals surface area contributed by atoms with Gasteiger partial charge in [0.15, 0.2) is 6.61 Å². The molecule has 4 aliphatic carbocycles. The maximum absolute atomic E-state index is 12.4. The van der Waals surface area contributed by atoms with Crippen molar-refractivity contribution in [2.45, 2.75) is 116 Å². The second-order valence-electron chi connectivity index (χ2n) is 13.2. The predicted octanol–water partition coefficient (Wildman–Crippen LogP) is 3.95. The number of nitrogens with one attached hydrogen (secondary N) is 2. The lowest BCUT2D eigenvalue weighted by Crippen LogP contribution is -2.54. The van der Waals surface area contributed by atoms with Crippen LogP contribution in [0, 0.1) is 40.9 Å². The average Bonchev–Trinajstić information content (AvgIpc) is 3.21. The number of carbonyl (C=O) groups excluding carboxylic acids is 2. The fourth-order valence-corrected chi connectivity index (χ4v) is 8.38. The second-order valence-corrected chi connectivity index (χ2v) is 13.2. The number of aliphatic carboxylic acids is 1. The zero-order chi connectivity index (χ0) is 30.0. The van der Waals surface area contributed by atoms with Gasteiger partial charge in [-0.05, 0) is 94.0 Å². The summed E-state index contributed by atoms with van der Waals surface area (Å²) in [6, 6.07) is -1.88. The minimum atomic E-state index is -1.09. The molecule has 0 radical (unpaired) electrons. The van der Waals surface area contributed by atoms with Crippen LogP contribution in [0.3, 0.4) is 0 Å². The molecule has 4 aliphatic rings. The molecular formula is C32H47N3O6. The van der Waals surface area contributed by atoms with Crippen molar-refractivity contribution >= 4 is 23.5 Å². The van der Waals surface area contributed by atoms with Crippen LogP contribution in [-0.4, -0.2) is 58.0 Å². The topological polar surface area (TPSA) is 137 Å². The van der Waals surface area contributed by atoms with Crippen LogP contribution in [0.1, 0.15) is 98.3 Å². The number of terminal acetylenes is 1. The number of rotatable bonds is 10. The third kappa shape index (κ3) is 5.90. The van der Waals surface area contributed by atoms with Gasteiger partial charge in [-0.2, -0.15) is 0 Å². The number of amides is 2. The minimum Gasteiger partial charge on any atom is -0.480 e. The van der Waals surface area contributed by atoms with E-state index in [9.17, 15) is 24.6 Å². The first-order valence-corrected chi connectivity index (χ1v) is 15.3. The molecule has 0 aromatic carbocycles. The smallest absolute Gasteiger partial charge is 0.326 e. The van der Waals surface area contributed by atoms with E-state index in [1.54, 1.807) is 0 Å². The summed E-state index contributed by atoms with van der Waals surface area (Å²) in [6.45, 7) is 7.72. The van der Waals surface area contributed by atoms with Gasteiger partial charge >= 0.3 is 5.97 Å². The number of allylic oxidation sites excluding steroid dienone is 2. The Morgan fingerprint density at radius 2 is 1.88 bits per heavy atom. The molecule has 2 amide bonds. The van der Waals surface area contributed by atoms with Gasteiger partial charge in [-0.25, -0.2) is 4.79 Å². The van der Waals surface area contributed by atoms with E-state index < -0.39 is 35.5 Å². The van der Waals surface area contributed by atoms with Crippen molar-refractivity contribution in [2.75, 3.05) is 6.61 Å². The average molecular weight is 570 g/mol. The Kier molecular flexibility index (Phi) is 9.22. The lowest BCUT2D eigenvalue weighted by Gasteiger charge is -2.58. The third-order valence-corrected chi connectivity index (χ3v) is 11.0. The number of oxime groups is 1. The molecule has 8 atom stereocenters. The second kappa shape index (κ2) is 12.2. The molecule has 4 rings (SSSR count). The summed E-state index contributed by atoms with van der Waals surface area (Å²) in [7, 11) is 0. The number of nitrogens with zero attached hydrogens (tertiary/aromatic N) is 1. The Hall–Kier alpha value is -2.86. The minimum absolute atomic E-state index is 0.0885. The molecule has 4 N–H and O–H groups in total. The van der Waals surface area contributed by atoms with E-state index in [1.165, 1.54) is 12.5 Å². The van der Waals surface area contributed by atoms with E-state index in [-0.39, 0.29) is 17.4 Å². The van der Waals surface area contributed by atoms with Gasteiger partial charge in [0.1, 0.15) is 17.7 Å². The normalized spacial score (nSPS) is 36.4. The van der Waals surface area contributed by atoms with E-state index in [0.717, 1.165) is 57.1 Å². The quantitative estimate of drug-likeness (QED) is 0.232. The molecule has 0 spiro atoms. The fraction of sp³-hybridized carbons (Fsp3) is 0.750. The molecule has 3 fully saturated rings. The highest BCUT2D eigenvalue weighted by atomic mass is 16.6. The van der Waals surface area contributed by atoms with Gasteiger partial charge in [0, 0.05) is 5.41 Å². The number of aliphatic hydroxyl groups is 1. The standard InChI is InChI=1S/C32H47N3O6/c1-6-8-9-26(29(38)39)34-28(37)20(3)33-27(36)19-41-35-22-12-15-30(4)21(18-22)10-11-23-24(30)13-16-31(5)25(23)14-17-32(31,40)7-2/h2,18,20,23-26,40H,6,8-17,19H2,1,3-5H3,(H,33,36)(H,34,37)(H,38,39)/b35-22+/t20-,23+,24-,25-,26+,30-,31-,32+/m0/s1. The summed E-state index contributed by atoms with van der Waals surface area (Å²) in [5.41, 5.74) is 1.10. The summed E-state index contributed by atoms with van der Waals surface area (Å²) in [6.07, 6.45) is 17.3. The Labute approximate surface area is 243 Å². The summed E-state index contributed by atoms with van der Waals surface area (Å²) < 4.78 is 0. The van der Waals surface area contributed by atoms with Crippen LogP contribution in [0.4, 0.5) is 0 Å². The number of fused-ring (bicyclic) bond motifs is 5. The molecule has 0 aromatic heterocycles. The highest BCUT2D eigenvalue weighted by molar-refractivity contribution is 5.96. The van der Waals surface area contributed by atoms with Crippen LogP contribution in [0.15, 0.2) is 16.8 Å². The van der Waals surface area contributed by atoms with Crippen molar-refractivity contribution in [2.24, 2.45) is 33.7 Å². The summed E-state index contributed by atoms with van der Waals surface area (Å²) in [5, 5.41) is 29.8. The summed E-state index contributed by atoms with van der Waals surface area (Å²) >= 11 is 0. The van der Waals surface area contributed by atoms with E-state index in [4.69, 9.17) is 11.3 Å².